The van der Waals surface area contributed by atoms with Crippen LogP contribution in [0.1, 0.15) is 17.7 Å². The van der Waals surface area contributed by atoms with E-state index < -0.39 is 9.84 Å². The molecule has 0 radical (unpaired) electrons. The highest BCUT2D eigenvalue weighted by molar-refractivity contribution is 7.91. The van der Waals surface area contributed by atoms with E-state index in [9.17, 15) is 8.42 Å². The third kappa shape index (κ3) is 2.70. The average Bonchev–Trinajstić information content (AvgIpc) is 3.43. The Kier molecular flexibility index (Phi) is 3.98. The van der Waals surface area contributed by atoms with Crippen LogP contribution in [-0.4, -0.2) is 18.0 Å². The first-order valence-electron chi connectivity index (χ1n) is 9.38. The lowest BCUT2D eigenvalue weighted by atomic mass is 10.0. The van der Waals surface area contributed by atoms with Crippen molar-refractivity contribution in [2.75, 3.05) is 0 Å². The molecule has 28 heavy (non-hydrogen) atoms. The van der Waals surface area contributed by atoms with Crippen molar-refractivity contribution in [3.05, 3.63) is 90.4 Å². The molecule has 5 heteroatoms. The molecule has 0 bridgehead atoms. The lowest BCUT2D eigenvalue weighted by Gasteiger charge is -2.09. The largest absolute Gasteiger partial charge is 0.360 e. The van der Waals surface area contributed by atoms with E-state index >= 15 is 0 Å². The van der Waals surface area contributed by atoms with Gasteiger partial charge in [0, 0.05) is 35.5 Å². The van der Waals surface area contributed by atoms with Gasteiger partial charge in [0.05, 0.1) is 9.79 Å². The van der Waals surface area contributed by atoms with Crippen LogP contribution in [-0.2, 0) is 22.8 Å². The zero-order valence-electron chi connectivity index (χ0n) is 15.3. The van der Waals surface area contributed by atoms with Crippen LogP contribution in [0.4, 0.5) is 0 Å². The Morgan fingerprint density at radius 2 is 1.79 bits per heavy atom. The highest BCUT2D eigenvalue weighted by Crippen LogP contribution is 2.33. The molecule has 0 unspecified atom stereocenters. The number of rotatable bonds is 5. The van der Waals surface area contributed by atoms with Crippen molar-refractivity contribution >= 4 is 26.3 Å². The van der Waals surface area contributed by atoms with Crippen LogP contribution < -0.4 is 0 Å². The average molecular weight is 388 g/mol. The van der Waals surface area contributed by atoms with Gasteiger partial charge < -0.3 is 9.55 Å². The third-order valence-corrected chi connectivity index (χ3v) is 7.25. The van der Waals surface area contributed by atoms with Crippen molar-refractivity contribution in [3.63, 3.8) is 0 Å². The fourth-order valence-electron chi connectivity index (χ4n) is 4.05. The lowest BCUT2D eigenvalue weighted by molar-refractivity contribution is 0.597. The zero-order chi connectivity index (χ0) is 19.1. The topological polar surface area (TPSA) is 54.9 Å². The summed E-state index contributed by atoms with van der Waals surface area (Å²) in [5.41, 5.74) is 4.50. The van der Waals surface area contributed by atoms with Gasteiger partial charge in [-0.25, -0.2) is 8.42 Å². The van der Waals surface area contributed by atoms with E-state index in [1.165, 1.54) is 11.3 Å². The van der Waals surface area contributed by atoms with Crippen molar-refractivity contribution in [2.24, 2.45) is 0 Å². The Hall–Kier alpha value is -3.05. The molecule has 0 fully saturated rings. The summed E-state index contributed by atoms with van der Waals surface area (Å²) in [6.45, 7) is 0.916. The highest BCUT2D eigenvalue weighted by atomic mass is 32.2. The van der Waals surface area contributed by atoms with Crippen LogP contribution in [0.2, 0.25) is 0 Å². The number of hydrogen-bond acceptors (Lipinski definition) is 2. The van der Waals surface area contributed by atoms with E-state index in [-0.39, 0.29) is 0 Å². The second-order valence-corrected chi connectivity index (χ2v) is 9.00. The summed E-state index contributed by atoms with van der Waals surface area (Å²) in [7, 11) is -3.57. The molecule has 0 atom stereocenters. The van der Waals surface area contributed by atoms with E-state index in [1.807, 2.05) is 24.3 Å². The molecule has 1 N–H and O–H groups in total. The lowest BCUT2D eigenvalue weighted by Crippen LogP contribution is -2.02. The second kappa shape index (κ2) is 6.53. The Labute approximate surface area is 164 Å². The molecular weight excluding hydrogens is 368 g/mol. The maximum Gasteiger partial charge on any atom is 0.208 e. The first kappa shape index (κ1) is 17.1. The van der Waals surface area contributed by atoms with E-state index in [0.29, 0.717) is 9.79 Å². The van der Waals surface area contributed by atoms with E-state index in [0.717, 1.165) is 35.9 Å². The first-order chi connectivity index (χ1) is 13.6. The smallest absolute Gasteiger partial charge is 0.208 e. The molecule has 4 nitrogen and oxygen atoms in total. The number of sulfone groups is 1. The van der Waals surface area contributed by atoms with Gasteiger partial charge in [-0.1, -0.05) is 36.4 Å². The summed E-state index contributed by atoms with van der Waals surface area (Å²) in [6.07, 6.45) is 7.66. The van der Waals surface area contributed by atoms with Crippen LogP contribution in [0.25, 0.3) is 16.5 Å². The second-order valence-electron chi connectivity index (χ2n) is 7.08. The van der Waals surface area contributed by atoms with Crippen molar-refractivity contribution < 1.29 is 8.42 Å². The molecular formula is C23H20N2O2S. The molecule has 5 rings (SSSR count). The summed E-state index contributed by atoms with van der Waals surface area (Å²) in [5.74, 6) is 0. The molecule has 4 aromatic rings. The van der Waals surface area contributed by atoms with Crippen LogP contribution in [0.3, 0.4) is 0 Å². The number of aromatic nitrogens is 2. The Morgan fingerprint density at radius 1 is 0.929 bits per heavy atom. The number of allylic oxidation sites excluding steroid dienone is 2. The summed E-state index contributed by atoms with van der Waals surface area (Å²) >= 11 is 0. The van der Waals surface area contributed by atoms with Gasteiger partial charge in [0.15, 0.2) is 0 Å². The number of nitrogens with one attached hydrogen (secondary N) is 1. The number of nitrogens with zero attached hydrogens (tertiary/aromatic N) is 1. The van der Waals surface area contributed by atoms with Crippen molar-refractivity contribution in [2.45, 2.75) is 29.2 Å². The van der Waals surface area contributed by atoms with Gasteiger partial charge in [0.2, 0.25) is 9.84 Å². The van der Waals surface area contributed by atoms with Gasteiger partial charge in [-0.2, -0.15) is 0 Å². The van der Waals surface area contributed by atoms with Gasteiger partial charge >= 0.3 is 0 Å². The van der Waals surface area contributed by atoms with Crippen LogP contribution in [0, 0.1) is 0 Å². The predicted molar refractivity (Wildman–Crippen MR) is 111 cm³/mol. The quantitative estimate of drug-likeness (QED) is 0.532. The summed E-state index contributed by atoms with van der Waals surface area (Å²) < 4.78 is 28.7. The Balaban J connectivity index is 1.53. The molecule has 0 aliphatic carbocycles. The van der Waals surface area contributed by atoms with Gasteiger partial charge in [0.25, 0.3) is 0 Å². The SMILES string of the molecule is O=S(=O)(c1ccccc1)c1c[nH]c2cccc(CCC3=CCn4cccc43)c12. The minimum Gasteiger partial charge on any atom is -0.360 e. The molecule has 2 aromatic carbocycles. The fraction of sp³-hybridized carbons (Fsp3) is 0.130. The number of hydrogen-bond donors (Lipinski definition) is 1. The highest BCUT2D eigenvalue weighted by Gasteiger charge is 2.23. The van der Waals surface area contributed by atoms with Gasteiger partial charge in [-0.3, -0.25) is 0 Å². The van der Waals surface area contributed by atoms with Gasteiger partial charge in [-0.15, -0.1) is 0 Å². The van der Waals surface area contributed by atoms with E-state index in [4.69, 9.17) is 0 Å². The normalized spacial score (nSPS) is 13.6. The Bertz CT molecular complexity index is 1290. The van der Waals surface area contributed by atoms with E-state index in [1.54, 1.807) is 30.5 Å². The Morgan fingerprint density at radius 3 is 2.64 bits per heavy atom. The molecule has 140 valence electrons. The minimum absolute atomic E-state index is 0.321. The molecule has 1 aliphatic heterocycles. The van der Waals surface area contributed by atoms with Crippen molar-refractivity contribution in [3.8, 4) is 0 Å². The number of aromatic amines is 1. The van der Waals surface area contributed by atoms with Crippen LogP contribution >= 0.6 is 0 Å². The molecule has 0 saturated carbocycles. The maximum absolute atomic E-state index is 13.2. The summed E-state index contributed by atoms with van der Waals surface area (Å²) in [6, 6.07) is 18.8. The molecule has 0 amide bonds. The third-order valence-electron chi connectivity index (χ3n) is 5.46. The standard InChI is InChI=1S/C23H20N2O2S/c26-28(27,19-7-2-1-3-8-19)22-16-24-20-9-4-6-18(23(20)22)12-11-17-13-15-25-14-5-10-21(17)25/h1-10,13-14,16,24H,11-12,15H2. The molecule has 1 aliphatic rings. The predicted octanol–water partition coefficient (Wildman–Crippen LogP) is 4.83. The molecule has 0 saturated heterocycles. The number of benzene rings is 2. The van der Waals surface area contributed by atoms with Gasteiger partial charge in [0.1, 0.15) is 0 Å². The van der Waals surface area contributed by atoms with Crippen molar-refractivity contribution in [1.29, 1.82) is 0 Å². The fourth-order valence-corrected chi connectivity index (χ4v) is 5.54. The molecule has 3 heterocycles. The maximum atomic E-state index is 13.2. The summed E-state index contributed by atoms with van der Waals surface area (Å²) in [5, 5.41) is 0.806. The van der Waals surface area contributed by atoms with Crippen LogP contribution in [0.15, 0.2) is 88.9 Å². The number of H-pyrrole nitrogens is 1. The number of fused-ring (bicyclic) bond motifs is 2. The first-order valence-corrected chi connectivity index (χ1v) is 10.9. The number of aryl methyl sites for hydroxylation is 1. The molecule has 0 spiro atoms. The van der Waals surface area contributed by atoms with E-state index in [2.05, 4.69) is 34.0 Å². The monoisotopic (exact) mass is 388 g/mol. The van der Waals surface area contributed by atoms with Crippen LogP contribution in [0.5, 0.6) is 0 Å². The summed E-state index contributed by atoms with van der Waals surface area (Å²) in [4.78, 5) is 3.82. The van der Waals surface area contributed by atoms with Crippen molar-refractivity contribution in [1.82, 2.24) is 9.55 Å². The zero-order valence-corrected chi connectivity index (χ0v) is 16.1. The molecule has 2 aromatic heterocycles. The van der Waals surface area contributed by atoms with Gasteiger partial charge in [-0.05, 0) is 54.3 Å². The minimum atomic E-state index is -3.57.